The van der Waals surface area contributed by atoms with Crippen LogP contribution < -0.4 is 5.32 Å². The fraction of sp³-hybridized carbons (Fsp3) is 0.409. The van der Waals surface area contributed by atoms with Gasteiger partial charge in [0.15, 0.2) is 0 Å². The van der Waals surface area contributed by atoms with Gasteiger partial charge in [0.2, 0.25) is 11.8 Å². The van der Waals surface area contributed by atoms with Crippen molar-refractivity contribution in [3.8, 4) is 0 Å². The Morgan fingerprint density at radius 3 is 2.90 bits per heavy atom. The fourth-order valence-electron chi connectivity index (χ4n) is 3.96. The standard InChI is InChI=1S/C22H26N4O3S/c1-25-19-8-4-3-7-17(19)23-21(25)18(9-11-30-2)24-22(28)15-12-20(27)26(13-15)14-16-6-5-10-29-16/h3-8,10,15,18H,9,11-14H2,1-2H3,(H,24,28)/t15-,18+/m1/s1. The van der Waals surface area contributed by atoms with Gasteiger partial charge in [-0.1, -0.05) is 12.1 Å². The summed E-state index contributed by atoms with van der Waals surface area (Å²) in [5, 5.41) is 3.17. The van der Waals surface area contributed by atoms with Crippen molar-refractivity contribution in [2.45, 2.75) is 25.4 Å². The number of aryl methyl sites for hydroxylation is 1. The number of amides is 2. The van der Waals surface area contributed by atoms with Crippen LogP contribution in [0.5, 0.6) is 0 Å². The molecule has 4 rings (SSSR count). The van der Waals surface area contributed by atoms with E-state index in [1.807, 2.05) is 41.9 Å². The first-order chi connectivity index (χ1) is 14.6. The molecule has 1 N–H and O–H groups in total. The second-order valence-corrected chi connectivity index (χ2v) is 8.60. The number of fused-ring (bicyclic) bond motifs is 1. The third-order valence-corrected chi connectivity index (χ3v) is 6.22. The van der Waals surface area contributed by atoms with Crippen LogP contribution in [-0.4, -0.2) is 44.8 Å². The molecule has 3 heterocycles. The monoisotopic (exact) mass is 426 g/mol. The van der Waals surface area contributed by atoms with Gasteiger partial charge in [-0.15, -0.1) is 0 Å². The SMILES string of the molecule is CSCC[C@H](NC(=O)[C@@H]1CC(=O)N(Cc2ccco2)C1)c1nc2ccccc2n1C. The zero-order valence-electron chi connectivity index (χ0n) is 17.2. The van der Waals surface area contributed by atoms with E-state index in [1.165, 1.54) is 0 Å². The quantitative estimate of drug-likeness (QED) is 0.599. The van der Waals surface area contributed by atoms with E-state index in [4.69, 9.17) is 9.40 Å². The molecule has 1 aliphatic heterocycles. The highest BCUT2D eigenvalue weighted by molar-refractivity contribution is 7.98. The van der Waals surface area contributed by atoms with Gasteiger partial charge >= 0.3 is 0 Å². The molecule has 1 fully saturated rings. The molecule has 0 aliphatic carbocycles. The Labute approximate surface area is 179 Å². The molecule has 158 valence electrons. The fourth-order valence-corrected chi connectivity index (χ4v) is 4.43. The van der Waals surface area contributed by atoms with E-state index < -0.39 is 0 Å². The van der Waals surface area contributed by atoms with Crippen LogP contribution in [0.2, 0.25) is 0 Å². The van der Waals surface area contributed by atoms with Crippen molar-refractivity contribution < 1.29 is 14.0 Å². The van der Waals surface area contributed by atoms with Gasteiger partial charge in [0.1, 0.15) is 11.6 Å². The second kappa shape index (κ2) is 8.95. The third-order valence-electron chi connectivity index (χ3n) is 5.57. The summed E-state index contributed by atoms with van der Waals surface area (Å²) in [4.78, 5) is 31.9. The first kappa shape index (κ1) is 20.5. The molecule has 0 saturated carbocycles. The van der Waals surface area contributed by atoms with E-state index in [-0.39, 0.29) is 30.2 Å². The van der Waals surface area contributed by atoms with E-state index in [2.05, 4.69) is 11.6 Å². The number of benzene rings is 1. The number of likely N-dealkylation sites (tertiary alicyclic amines) is 1. The number of thioether (sulfide) groups is 1. The molecule has 30 heavy (non-hydrogen) atoms. The molecular formula is C22H26N4O3S. The van der Waals surface area contributed by atoms with Crippen molar-refractivity contribution in [2.75, 3.05) is 18.6 Å². The van der Waals surface area contributed by atoms with Gasteiger partial charge < -0.3 is 19.2 Å². The van der Waals surface area contributed by atoms with Crippen molar-refractivity contribution >= 4 is 34.6 Å². The lowest BCUT2D eigenvalue weighted by Crippen LogP contribution is -2.36. The Bertz CT molecular complexity index is 1030. The summed E-state index contributed by atoms with van der Waals surface area (Å²) in [7, 11) is 1.98. The van der Waals surface area contributed by atoms with Crippen LogP contribution >= 0.6 is 11.8 Å². The summed E-state index contributed by atoms with van der Waals surface area (Å²) < 4.78 is 7.39. The van der Waals surface area contributed by atoms with Crippen molar-refractivity contribution in [2.24, 2.45) is 13.0 Å². The van der Waals surface area contributed by atoms with Crippen LogP contribution in [-0.2, 0) is 23.2 Å². The molecule has 2 aromatic heterocycles. The number of carbonyl (C=O) groups is 2. The van der Waals surface area contributed by atoms with Gasteiger partial charge in [-0.3, -0.25) is 9.59 Å². The van der Waals surface area contributed by atoms with Gasteiger partial charge in [0.25, 0.3) is 0 Å². The lowest BCUT2D eigenvalue weighted by molar-refractivity contribution is -0.129. The molecule has 0 radical (unpaired) electrons. The minimum Gasteiger partial charge on any atom is -0.467 e. The minimum atomic E-state index is -0.362. The van der Waals surface area contributed by atoms with Crippen molar-refractivity contribution in [3.63, 3.8) is 0 Å². The number of nitrogens with zero attached hydrogens (tertiary/aromatic N) is 3. The molecule has 0 unspecified atom stereocenters. The van der Waals surface area contributed by atoms with Gasteiger partial charge in [-0.05, 0) is 42.7 Å². The van der Waals surface area contributed by atoms with Crippen LogP contribution in [0.15, 0.2) is 47.1 Å². The van der Waals surface area contributed by atoms with Crippen LogP contribution in [0.25, 0.3) is 11.0 Å². The number of nitrogens with one attached hydrogen (secondary N) is 1. The summed E-state index contributed by atoms with van der Waals surface area (Å²) in [6.07, 6.45) is 4.65. The molecule has 1 aliphatic rings. The first-order valence-electron chi connectivity index (χ1n) is 10.1. The molecule has 0 spiro atoms. The van der Waals surface area contributed by atoms with Crippen molar-refractivity contribution in [3.05, 3.63) is 54.2 Å². The molecular weight excluding hydrogens is 400 g/mol. The Morgan fingerprint density at radius 1 is 1.33 bits per heavy atom. The van der Waals surface area contributed by atoms with E-state index in [9.17, 15) is 9.59 Å². The Hall–Kier alpha value is -2.74. The van der Waals surface area contributed by atoms with Crippen LogP contribution in [0.1, 0.15) is 30.5 Å². The Morgan fingerprint density at radius 2 is 2.17 bits per heavy atom. The van der Waals surface area contributed by atoms with Gasteiger partial charge in [-0.25, -0.2) is 4.98 Å². The maximum Gasteiger partial charge on any atom is 0.226 e. The average molecular weight is 427 g/mol. The number of hydrogen-bond donors (Lipinski definition) is 1. The number of carbonyl (C=O) groups excluding carboxylic acids is 2. The zero-order chi connectivity index (χ0) is 21.1. The summed E-state index contributed by atoms with van der Waals surface area (Å²) in [5.41, 5.74) is 1.95. The lowest BCUT2D eigenvalue weighted by Gasteiger charge is -2.21. The van der Waals surface area contributed by atoms with Gasteiger partial charge in [0, 0.05) is 20.0 Å². The average Bonchev–Trinajstić information content (AvgIpc) is 3.46. The number of aromatic nitrogens is 2. The number of furan rings is 1. The first-order valence-corrected chi connectivity index (χ1v) is 11.5. The van der Waals surface area contributed by atoms with Crippen LogP contribution in [0.4, 0.5) is 0 Å². The number of imidazole rings is 1. The molecule has 1 aromatic carbocycles. The summed E-state index contributed by atoms with van der Waals surface area (Å²) in [5.74, 6) is 2.00. The zero-order valence-corrected chi connectivity index (χ0v) is 18.0. The lowest BCUT2D eigenvalue weighted by atomic mass is 10.1. The third kappa shape index (κ3) is 4.23. The maximum absolute atomic E-state index is 13.1. The minimum absolute atomic E-state index is 0.0186. The summed E-state index contributed by atoms with van der Waals surface area (Å²) in [6.45, 7) is 0.805. The highest BCUT2D eigenvalue weighted by atomic mass is 32.2. The van der Waals surface area contributed by atoms with E-state index in [0.717, 1.165) is 34.8 Å². The highest BCUT2D eigenvalue weighted by Gasteiger charge is 2.36. The predicted octanol–water partition coefficient (Wildman–Crippen LogP) is 3.13. The molecule has 2 amide bonds. The van der Waals surface area contributed by atoms with Gasteiger partial charge in [-0.2, -0.15) is 11.8 Å². The topological polar surface area (TPSA) is 80.4 Å². The van der Waals surface area contributed by atoms with Crippen LogP contribution in [0, 0.1) is 5.92 Å². The number of hydrogen-bond acceptors (Lipinski definition) is 5. The molecule has 3 aromatic rings. The van der Waals surface area contributed by atoms with E-state index in [1.54, 1.807) is 29.0 Å². The maximum atomic E-state index is 13.1. The van der Waals surface area contributed by atoms with Crippen molar-refractivity contribution in [1.82, 2.24) is 19.8 Å². The molecule has 7 nitrogen and oxygen atoms in total. The Kier molecular flexibility index (Phi) is 6.13. The predicted molar refractivity (Wildman–Crippen MR) is 117 cm³/mol. The molecule has 2 atom stereocenters. The van der Waals surface area contributed by atoms with Gasteiger partial charge in [0.05, 0.1) is 35.8 Å². The smallest absolute Gasteiger partial charge is 0.226 e. The molecule has 8 heteroatoms. The van der Waals surface area contributed by atoms with E-state index in [0.29, 0.717) is 13.1 Å². The Balaban J connectivity index is 1.48. The van der Waals surface area contributed by atoms with E-state index >= 15 is 0 Å². The second-order valence-electron chi connectivity index (χ2n) is 7.62. The number of para-hydroxylation sites is 2. The largest absolute Gasteiger partial charge is 0.467 e. The van der Waals surface area contributed by atoms with Crippen LogP contribution in [0.3, 0.4) is 0 Å². The molecule has 0 bridgehead atoms. The summed E-state index contributed by atoms with van der Waals surface area (Å²) in [6, 6.07) is 11.4. The summed E-state index contributed by atoms with van der Waals surface area (Å²) >= 11 is 1.74. The van der Waals surface area contributed by atoms with Crippen molar-refractivity contribution in [1.29, 1.82) is 0 Å². The molecule has 1 saturated heterocycles. The number of rotatable bonds is 8. The normalized spacial score (nSPS) is 17.6. The highest BCUT2D eigenvalue weighted by Crippen LogP contribution is 2.25.